The van der Waals surface area contributed by atoms with Gasteiger partial charge in [0.15, 0.2) is 0 Å². The molecule has 98 valence electrons. The van der Waals surface area contributed by atoms with Gasteiger partial charge in [-0.3, -0.25) is 0 Å². The van der Waals surface area contributed by atoms with E-state index in [-0.39, 0.29) is 5.09 Å². The van der Waals surface area contributed by atoms with Crippen molar-refractivity contribution in [2.45, 2.75) is 11.6 Å². The van der Waals surface area contributed by atoms with E-state index >= 15 is 0 Å². The summed E-state index contributed by atoms with van der Waals surface area (Å²) in [4.78, 5) is 0. The quantitative estimate of drug-likeness (QED) is 0.763. The molecule has 0 radical (unpaired) electrons. The van der Waals surface area contributed by atoms with E-state index in [2.05, 4.69) is 5.32 Å². The van der Waals surface area contributed by atoms with E-state index in [0.717, 1.165) is 0 Å². The van der Waals surface area contributed by atoms with Crippen molar-refractivity contribution in [2.24, 2.45) is 0 Å². The molecule has 0 unspecified atom stereocenters. The fourth-order valence-electron chi connectivity index (χ4n) is 1.26. The van der Waals surface area contributed by atoms with Crippen LogP contribution in [0, 0.1) is 0 Å². The Morgan fingerprint density at radius 3 is 2.76 bits per heavy atom. The summed E-state index contributed by atoms with van der Waals surface area (Å²) in [6, 6.07) is 3.11. The summed E-state index contributed by atoms with van der Waals surface area (Å²) in [6.45, 7) is 1.14. The molecule has 1 N–H and O–H groups in total. The van der Waals surface area contributed by atoms with Gasteiger partial charge in [-0.05, 0) is 19.2 Å². The number of furan rings is 1. The molecule has 0 saturated carbocycles. The zero-order valence-electron chi connectivity index (χ0n) is 10.3. The van der Waals surface area contributed by atoms with E-state index in [4.69, 9.17) is 9.15 Å². The monoisotopic (exact) mass is 262 g/mol. The van der Waals surface area contributed by atoms with Crippen LogP contribution in [0.15, 0.2) is 21.6 Å². The Balaban J connectivity index is 2.81. The highest BCUT2D eigenvalue weighted by atomic mass is 32.2. The first-order valence-electron chi connectivity index (χ1n) is 5.21. The maximum absolute atomic E-state index is 12.0. The highest BCUT2D eigenvalue weighted by Crippen LogP contribution is 2.17. The number of nitrogens with one attached hydrogen (secondary N) is 1. The van der Waals surface area contributed by atoms with Gasteiger partial charge in [-0.15, -0.1) is 0 Å². The van der Waals surface area contributed by atoms with Crippen LogP contribution in [-0.2, 0) is 21.3 Å². The average molecular weight is 262 g/mol. The van der Waals surface area contributed by atoms with E-state index in [1.165, 1.54) is 24.5 Å². The lowest BCUT2D eigenvalue weighted by atomic mass is 10.4. The van der Waals surface area contributed by atoms with Crippen molar-refractivity contribution >= 4 is 10.0 Å². The lowest BCUT2D eigenvalue weighted by Crippen LogP contribution is -2.29. The van der Waals surface area contributed by atoms with Crippen molar-refractivity contribution in [3.63, 3.8) is 0 Å². The van der Waals surface area contributed by atoms with Crippen LogP contribution in [0.2, 0.25) is 0 Å². The first-order chi connectivity index (χ1) is 8.02. The number of nitrogens with zero attached hydrogens (tertiary/aromatic N) is 1. The third-order valence-corrected chi connectivity index (χ3v) is 3.99. The predicted octanol–water partition coefficient (Wildman–Crippen LogP) is 0.266. The van der Waals surface area contributed by atoms with Crippen LogP contribution < -0.4 is 5.32 Å². The van der Waals surface area contributed by atoms with E-state index in [1.807, 2.05) is 0 Å². The molecular weight excluding hydrogens is 244 g/mol. The van der Waals surface area contributed by atoms with Crippen LogP contribution in [0.5, 0.6) is 0 Å². The third-order valence-electron chi connectivity index (χ3n) is 2.26. The fraction of sp³-hybridized carbons (Fsp3) is 0.600. The Morgan fingerprint density at radius 1 is 1.47 bits per heavy atom. The molecule has 0 spiro atoms. The minimum absolute atomic E-state index is 0.0404. The van der Waals surface area contributed by atoms with Crippen LogP contribution in [-0.4, -0.2) is 47.1 Å². The van der Waals surface area contributed by atoms with Crippen LogP contribution in [0.3, 0.4) is 0 Å². The van der Waals surface area contributed by atoms with Crippen LogP contribution in [0.25, 0.3) is 0 Å². The van der Waals surface area contributed by atoms with Crippen LogP contribution in [0.1, 0.15) is 5.76 Å². The van der Waals surface area contributed by atoms with Gasteiger partial charge in [-0.1, -0.05) is 0 Å². The molecule has 17 heavy (non-hydrogen) atoms. The second-order valence-electron chi connectivity index (χ2n) is 3.57. The molecule has 0 aliphatic heterocycles. The molecule has 0 saturated heterocycles. The van der Waals surface area contributed by atoms with Gasteiger partial charge in [0, 0.05) is 20.7 Å². The van der Waals surface area contributed by atoms with E-state index in [9.17, 15) is 8.42 Å². The summed E-state index contributed by atoms with van der Waals surface area (Å²) in [7, 11) is 1.24. The molecule has 0 bridgehead atoms. The molecule has 1 aromatic heterocycles. The molecule has 6 nitrogen and oxygen atoms in total. The third kappa shape index (κ3) is 3.53. The number of rotatable bonds is 7. The van der Waals surface area contributed by atoms with Crippen molar-refractivity contribution < 1.29 is 17.6 Å². The Labute approximate surface area is 102 Å². The molecule has 0 aliphatic rings. The summed E-state index contributed by atoms with van der Waals surface area (Å²) in [5.74, 6) is 0.589. The van der Waals surface area contributed by atoms with Gasteiger partial charge in [0.2, 0.25) is 5.09 Å². The maximum atomic E-state index is 12.0. The number of sulfonamides is 1. The van der Waals surface area contributed by atoms with Crippen molar-refractivity contribution in [3.8, 4) is 0 Å². The number of hydrogen-bond donors (Lipinski definition) is 1. The molecule has 1 heterocycles. The molecular formula is C10H18N2O4S. The molecule has 1 rings (SSSR count). The normalized spacial score (nSPS) is 12.2. The Hall–Kier alpha value is -0.890. The lowest BCUT2D eigenvalue weighted by Gasteiger charge is -2.14. The topological polar surface area (TPSA) is 71.8 Å². The second-order valence-corrected chi connectivity index (χ2v) is 5.55. The standard InChI is InChI=1S/C10H18N2O4S/c1-11-8-9-4-5-10(16-9)17(13,14)12(2)6-7-15-3/h4-5,11H,6-8H2,1-3H3. The summed E-state index contributed by atoms with van der Waals surface area (Å²) >= 11 is 0. The minimum Gasteiger partial charge on any atom is -0.447 e. The van der Waals surface area contributed by atoms with Gasteiger partial charge in [0.1, 0.15) is 5.76 Å². The Kier molecular flexibility index (Phi) is 5.13. The summed E-state index contributed by atoms with van der Waals surface area (Å²) in [5.41, 5.74) is 0. The highest BCUT2D eigenvalue weighted by Gasteiger charge is 2.24. The molecule has 0 aromatic carbocycles. The minimum atomic E-state index is -3.55. The van der Waals surface area contributed by atoms with Crippen LogP contribution >= 0.6 is 0 Å². The van der Waals surface area contributed by atoms with Crippen molar-refractivity contribution in [1.82, 2.24) is 9.62 Å². The molecule has 7 heteroatoms. The number of likely N-dealkylation sites (N-methyl/N-ethyl adjacent to an activating group) is 1. The number of hydrogen-bond acceptors (Lipinski definition) is 5. The largest absolute Gasteiger partial charge is 0.447 e. The van der Waals surface area contributed by atoms with Crippen molar-refractivity contribution in [3.05, 3.63) is 17.9 Å². The van der Waals surface area contributed by atoms with E-state index < -0.39 is 10.0 Å². The van der Waals surface area contributed by atoms with Gasteiger partial charge in [-0.25, -0.2) is 8.42 Å². The number of methoxy groups -OCH3 is 1. The summed E-state index contributed by atoms with van der Waals surface area (Å²) in [5, 5.41) is 2.85. The zero-order chi connectivity index (χ0) is 12.9. The highest BCUT2D eigenvalue weighted by molar-refractivity contribution is 7.89. The Morgan fingerprint density at radius 2 is 2.18 bits per heavy atom. The molecule has 0 atom stereocenters. The maximum Gasteiger partial charge on any atom is 0.276 e. The Bertz CT molecular complexity index is 441. The summed E-state index contributed by atoms with van der Waals surface area (Å²) in [6.07, 6.45) is 0. The molecule has 0 fully saturated rings. The first kappa shape index (κ1) is 14.2. The van der Waals surface area contributed by atoms with Gasteiger partial charge < -0.3 is 14.5 Å². The molecule has 0 aliphatic carbocycles. The SMILES string of the molecule is CNCc1ccc(S(=O)(=O)N(C)CCOC)o1. The molecule has 1 aromatic rings. The van der Waals surface area contributed by atoms with Gasteiger partial charge in [0.05, 0.1) is 13.2 Å². The first-order valence-corrected chi connectivity index (χ1v) is 6.65. The average Bonchev–Trinajstić information content (AvgIpc) is 2.75. The fourth-order valence-corrected chi connectivity index (χ4v) is 2.33. The predicted molar refractivity (Wildman–Crippen MR) is 63.2 cm³/mol. The van der Waals surface area contributed by atoms with Gasteiger partial charge >= 0.3 is 0 Å². The van der Waals surface area contributed by atoms with Crippen molar-refractivity contribution in [1.29, 1.82) is 0 Å². The number of ether oxygens (including phenoxy) is 1. The second kappa shape index (κ2) is 6.15. The van der Waals surface area contributed by atoms with E-state index in [0.29, 0.717) is 25.5 Å². The lowest BCUT2D eigenvalue weighted by molar-refractivity contribution is 0.184. The van der Waals surface area contributed by atoms with E-state index in [1.54, 1.807) is 13.1 Å². The van der Waals surface area contributed by atoms with Crippen LogP contribution in [0.4, 0.5) is 0 Å². The smallest absolute Gasteiger partial charge is 0.276 e. The van der Waals surface area contributed by atoms with Crippen molar-refractivity contribution in [2.75, 3.05) is 34.4 Å². The molecule has 0 amide bonds. The van der Waals surface area contributed by atoms with Gasteiger partial charge in [0.25, 0.3) is 10.0 Å². The zero-order valence-corrected chi connectivity index (χ0v) is 11.1. The summed E-state index contributed by atoms with van der Waals surface area (Å²) < 4.78 is 35.3. The van der Waals surface area contributed by atoms with Gasteiger partial charge in [-0.2, -0.15) is 4.31 Å².